The van der Waals surface area contributed by atoms with Crippen LogP contribution in [0.1, 0.15) is 16.1 Å². The zero-order valence-corrected chi connectivity index (χ0v) is 14.8. The fourth-order valence-corrected chi connectivity index (χ4v) is 3.14. The molecule has 4 nitrogen and oxygen atoms in total. The number of benzene rings is 3. The summed E-state index contributed by atoms with van der Waals surface area (Å²) in [5, 5.41) is 2.32. The van der Waals surface area contributed by atoms with Crippen molar-refractivity contribution < 1.29 is 9.18 Å². The lowest BCUT2D eigenvalue weighted by Crippen LogP contribution is -2.28. The minimum absolute atomic E-state index is 0.148. The quantitative estimate of drug-likeness (QED) is 0.540. The van der Waals surface area contributed by atoms with Crippen LogP contribution in [0.5, 0.6) is 0 Å². The number of carbonyl (C=O) groups excluding carboxylic acids is 1. The minimum Gasteiger partial charge on any atom is -0.336 e. The summed E-state index contributed by atoms with van der Waals surface area (Å²) in [7, 11) is 1.76. The van der Waals surface area contributed by atoms with Gasteiger partial charge in [-0.3, -0.25) is 9.36 Å². The molecule has 27 heavy (non-hydrogen) atoms. The Morgan fingerprint density at radius 1 is 1.04 bits per heavy atom. The van der Waals surface area contributed by atoms with Gasteiger partial charge in [-0.15, -0.1) is 0 Å². The third-order valence-electron chi connectivity index (χ3n) is 4.54. The van der Waals surface area contributed by atoms with Crippen LogP contribution in [-0.4, -0.2) is 27.4 Å². The Labute approximate surface area is 156 Å². The van der Waals surface area contributed by atoms with Crippen molar-refractivity contribution in [1.29, 1.82) is 0 Å². The third kappa shape index (κ3) is 3.44. The van der Waals surface area contributed by atoms with E-state index in [1.807, 2.05) is 18.2 Å². The Balaban J connectivity index is 1.57. The number of fused-ring (bicyclic) bond motifs is 1. The first kappa shape index (κ1) is 17.0. The van der Waals surface area contributed by atoms with E-state index in [0.29, 0.717) is 17.9 Å². The van der Waals surface area contributed by atoms with Crippen LogP contribution >= 0.6 is 0 Å². The molecule has 0 aliphatic heterocycles. The van der Waals surface area contributed by atoms with E-state index in [0.717, 1.165) is 10.9 Å². The van der Waals surface area contributed by atoms with Gasteiger partial charge in [-0.1, -0.05) is 36.4 Å². The monoisotopic (exact) mass is 359 g/mol. The van der Waals surface area contributed by atoms with E-state index in [1.165, 1.54) is 23.7 Å². The molecule has 0 spiro atoms. The van der Waals surface area contributed by atoms with Crippen molar-refractivity contribution in [3.63, 3.8) is 0 Å². The SMILES string of the molecule is CN(Cc1ccc2ccccc2c1)C(=O)c1cncn1-c1ccc(F)cc1. The molecule has 134 valence electrons. The molecular weight excluding hydrogens is 341 g/mol. The summed E-state index contributed by atoms with van der Waals surface area (Å²) < 4.78 is 14.8. The second-order valence-corrected chi connectivity index (χ2v) is 6.47. The van der Waals surface area contributed by atoms with E-state index >= 15 is 0 Å². The Bertz CT molecular complexity index is 1100. The topological polar surface area (TPSA) is 38.1 Å². The molecule has 0 saturated heterocycles. The maximum absolute atomic E-state index is 13.2. The number of rotatable bonds is 4. The van der Waals surface area contributed by atoms with Crippen LogP contribution in [0.25, 0.3) is 16.5 Å². The van der Waals surface area contributed by atoms with Crippen LogP contribution in [-0.2, 0) is 6.54 Å². The van der Waals surface area contributed by atoms with Gasteiger partial charge >= 0.3 is 0 Å². The van der Waals surface area contributed by atoms with E-state index in [1.54, 1.807) is 35.0 Å². The molecule has 0 unspecified atom stereocenters. The molecule has 0 bridgehead atoms. The first-order valence-electron chi connectivity index (χ1n) is 8.63. The van der Waals surface area contributed by atoms with Gasteiger partial charge in [0.15, 0.2) is 0 Å². The van der Waals surface area contributed by atoms with Crippen molar-refractivity contribution in [2.75, 3.05) is 7.05 Å². The first-order chi connectivity index (χ1) is 13.1. The lowest BCUT2D eigenvalue weighted by Gasteiger charge is -2.18. The number of nitrogens with zero attached hydrogens (tertiary/aromatic N) is 3. The Morgan fingerprint density at radius 2 is 1.78 bits per heavy atom. The maximum atomic E-state index is 13.2. The summed E-state index contributed by atoms with van der Waals surface area (Å²) in [5.41, 5.74) is 2.18. The van der Waals surface area contributed by atoms with Crippen molar-refractivity contribution in [3.05, 3.63) is 96.3 Å². The summed E-state index contributed by atoms with van der Waals surface area (Å²) in [6.45, 7) is 0.484. The summed E-state index contributed by atoms with van der Waals surface area (Å²) in [4.78, 5) is 18.7. The zero-order chi connectivity index (χ0) is 18.8. The molecular formula is C22H18FN3O. The van der Waals surface area contributed by atoms with Crippen LogP contribution in [0, 0.1) is 5.82 Å². The molecule has 0 aliphatic carbocycles. The molecule has 3 aromatic carbocycles. The molecule has 0 aliphatic rings. The average Bonchev–Trinajstić information content (AvgIpc) is 3.17. The highest BCUT2D eigenvalue weighted by atomic mass is 19.1. The highest BCUT2D eigenvalue weighted by Crippen LogP contribution is 2.18. The molecule has 1 aromatic heterocycles. The first-order valence-corrected chi connectivity index (χ1v) is 8.63. The number of amides is 1. The number of hydrogen-bond acceptors (Lipinski definition) is 2. The minimum atomic E-state index is -0.319. The second kappa shape index (κ2) is 7.03. The van der Waals surface area contributed by atoms with Crippen molar-refractivity contribution in [1.82, 2.24) is 14.5 Å². The molecule has 0 fully saturated rings. The maximum Gasteiger partial charge on any atom is 0.272 e. The van der Waals surface area contributed by atoms with Crippen LogP contribution in [0.4, 0.5) is 4.39 Å². The van der Waals surface area contributed by atoms with Gasteiger partial charge in [-0.05, 0) is 46.7 Å². The predicted molar refractivity (Wildman–Crippen MR) is 103 cm³/mol. The van der Waals surface area contributed by atoms with E-state index in [9.17, 15) is 9.18 Å². The van der Waals surface area contributed by atoms with Gasteiger partial charge in [0.05, 0.1) is 12.5 Å². The number of imidazole rings is 1. The molecule has 0 saturated carbocycles. The molecule has 0 radical (unpaired) electrons. The molecule has 0 N–H and O–H groups in total. The van der Waals surface area contributed by atoms with Crippen LogP contribution < -0.4 is 0 Å². The number of carbonyl (C=O) groups is 1. The van der Waals surface area contributed by atoms with Crippen molar-refractivity contribution in [2.24, 2.45) is 0 Å². The van der Waals surface area contributed by atoms with Crippen LogP contribution in [0.3, 0.4) is 0 Å². The van der Waals surface area contributed by atoms with Gasteiger partial charge in [0, 0.05) is 19.3 Å². The highest BCUT2D eigenvalue weighted by molar-refractivity contribution is 5.93. The Kier molecular flexibility index (Phi) is 4.42. The van der Waals surface area contributed by atoms with Crippen LogP contribution in [0.2, 0.25) is 0 Å². The fraction of sp³-hybridized carbons (Fsp3) is 0.0909. The fourth-order valence-electron chi connectivity index (χ4n) is 3.14. The number of hydrogen-bond donors (Lipinski definition) is 0. The van der Waals surface area contributed by atoms with Gasteiger partial charge in [0.1, 0.15) is 11.5 Å². The summed E-state index contributed by atoms with van der Waals surface area (Å²) in [5.74, 6) is -0.467. The van der Waals surface area contributed by atoms with Gasteiger partial charge in [-0.2, -0.15) is 0 Å². The van der Waals surface area contributed by atoms with E-state index in [4.69, 9.17) is 0 Å². The molecule has 4 aromatic rings. The van der Waals surface area contributed by atoms with E-state index in [-0.39, 0.29) is 11.7 Å². The molecule has 4 rings (SSSR count). The Hall–Kier alpha value is -3.47. The standard InChI is InChI=1S/C22H18FN3O/c1-25(14-16-6-7-17-4-2-3-5-18(17)12-16)22(27)21-13-24-15-26(21)20-10-8-19(23)9-11-20/h2-13,15H,14H2,1H3. The Morgan fingerprint density at radius 3 is 2.56 bits per heavy atom. The normalized spacial score (nSPS) is 10.9. The highest BCUT2D eigenvalue weighted by Gasteiger charge is 2.17. The summed E-state index contributed by atoms with van der Waals surface area (Å²) >= 11 is 0. The van der Waals surface area contributed by atoms with Crippen molar-refractivity contribution in [2.45, 2.75) is 6.54 Å². The lowest BCUT2D eigenvalue weighted by molar-refractivity contribution is 0.0777. The van der Waals surface area contributed by atoms with Gasteiger partial charge in [0.2, 0.25) is 0 Å². The smallest absolute Gasteiger partial charge is 0.272 e. The van der Waals surface area contributed by atoms with E-state index < -0.39 is 0 Å². The second-order valence-electron chi connectivity index (χ2n) is 6.47. The molecule has 0 atom stereocenters. The zero-order valence-electron chi connectivity index (χ0n) is 14.8. The average molecular weight is 359 g/mol. The van der Waals surface area contributed by atoms with Crippen molar-refractivity contribution in [3.8, 4) is 5.69 Å². The summed E-state index contributed by atoms with van der Waals surface area (Å²) in [6.07, 6.45) is 3.09. The predicted octanol–water partition coefficient (Wildman–Crippen LogP) is 4.44. The number of aromatic nitrogens is 2. The van der Waals surface area contributed by atoms with Gasteiger partial charge in [0.25, 0.3) is 5.91 Å². The third-order valence-corrected chi connectivity index (χ3v) is 4.54. The largest absolute Gasteiger partial charge is 0.336 e. The van der Waals surface area contributed by atoms with Gasteiger partial charge in [-0.25, -0.2) is 9.37 Å². The molecule has 1 heterocycles. The van der Waals surface area contributed by atoms with Crippen molar-refractivity contribution >= 4 is 16.7 Å². The molecule has 1 amide bonds. The lowest BCUT2D eigenvalue weighted by atomic mass is 10.1. The van der Waals surface area contributed by atoms with Crippen LogP contribution in [0.15, 0.2) is 79.3 Å². The summed E-state index contributed by atoms with van der Waals surface area (Å²) in [6, 6.07) is 20.3. The molecule has 5 heteroatoms. The number of halogens is 1. The van der Waals surface area contributed by atoms with E-state index in [2.05, 4.69) is 29.2 Å². The van der Waals surface area contributed by atoms with Gasteiger partial charge < -0.3 is 4.90 Å².